The molecule has 4 atom stereocenters. The van der Waals surface area contributed by atoms with Gasteiger partial charge in [0.2, 0.25) is 0 Å². The number of fused-ring (bicyclic) bond motifs is 1. The third kappa shape index (κ3) is 5.24. The lowest BCUT2D eigenvalue weighted by atomic mass is 9.84. The van der Waals surface area contributed by atoms with Crippen LogP contribution in [0, 0.1) is 5.92 Å². The largest absolute Gasteiger partial charge is 0.461 e. The molecule has 2 aliphatic rings. The zero-order chi connectivity index (χ0) is 22.6. The molecule has 0 saturated heterocycles. The zero-order valence-electron chi connectivity index (χ0n) is 17.9. The molecule has 0 fully saturated rings. The van der Waals surface area contributed by atoms with Crippen LogP contribution < -0.4 is 0 Å². The summed E-state index contributed by atoms with van der Waals surface area (Å²) in [6.45, 7) is 7.37. The molecule has 30 heavy (non-hydrogen) atoms. The number of carbonyl (C=O) groups excluding carboxylic acids is 4. The first-order valence-electron chi connectivity index (χ1n) is 9.86. The van der Waals surface area contributed by atoms with Crippen molar-refractivity contribution in [3.8, 4) is 0 Å². The van der Waals surface area contributed by atoms with Gasteiger partial charge < -0.3 is 19.3 Å². The van der Waals surface area contributed by atoms with Crippen LogP contribution in [0.15, 0.2) is 34.4 Å². The number of rotatable bonds is 4. The van der Waals surface area contributed by atoms with Gasteiger partial charge in [-0.3, -0.25) is 9.59 Å². The van der Waals surface area contributed by atoms with Gasteiger partial charge in [-0.25, -0.2) is 9.59 Å². The van der Waals surface area contributed by atoms with Crippen molar-refractivity contribution < 1.29 is 38.5 Å². The second-order valence-corrected chi connectivity index (χ2v) is 7.60. The summed E-state index contributed by atoms with van der Waals surface area (Å²) >= 11 is 0. The fourth-order valence-electron chi connectivity index (χ4n) is 3.30. The summed E-state index contributed by atoms with van der Waals surface area (Å²) in [6.07, 6.45) is 0.228. The molecule has 1 aliphatic heterocycles. The summed E-state index contributed by atoms with van der Waals surface area (Å²) in [6, 6.07) is 0. The molecule has 2 rings (SSSR count). The van der Waals surface area contributed by atoms with Gasteiger partial charge in [0, 0.05) is 30.4 Å². The van der Waals surface area contributed by atoms with E-state index < -0.39 is 48.7 Å². The Morgan fingerprint density at radius 2 is 1.93 bits per heavy atom. The maximum Gasteiger partial charge on any atom is 0.338 e. The highest BCUT2D eigenvalue weighted by Gasteiger charge is 2.45. The first-order chi connectivity index (χ1) is 14.1. The standard InChI is InChI=1S/C22H28O8/c1-6-12(3)21(26)30-20-18-15(10-28-14(5)23)22(27)29-17(18)9-11(2)7-8-16(24)13(4)19(20)25/h6,9,13,17,19-20,25H,7-8,10H2,1-5H3. The van der Waals surface area contributed by atoms with Gasteiger partial charge in [-0.2, -0.15) is 0 Å². The summed E-state index contributed by atoms with van der Waals surface area (Å²) in [4.78, 5) is 48.9. The average Bonchev–Trinajstić information content (AvgIpc) is 3.00. The molecule has 8 heteroatoms. The molecule has 1 heterocycles. The normalized spacial score (nSPS) is 27.8. The van der Waals surface area contributed by atoms with E-state index in [0.29, 0.717) is 12.0 Å². The van der Waals surface area contributed by atoms with Gasteiger partial charge >= 0.3 is 17.9 Å². The lowest BCUT2D eigenvalue weighted by Crippen LogP contribution is -2.43. The van der Waals surface area contributed by atoms with Gasteiger partial charge in [-0.15, -0.1) is 0 Å². The molecule has 0 aromatic carbocycles. The Morgan fingerprint density at radius 1 is 1.27 bits per heavy atom. The zero-order valence-corrected chi connectivity index (χ0v) is 17.9. The van der Waals surface area contributed by atoms with E-state index in [-0.39, 0.29) is 23.4 Å². The fraction of sp³-hybridized carbons (Fsp3) is 0.545. The van der Waals surface area contributed by atoms with Crippen molar-refractivity contribution in [3.63, 3.8) is 0 Å². The first kappa shape index (κ1) is 23.5. The Labute approximate surface area is 175 Å². The van der Waals surface area contributed by atoms with Crippen LogP contribution >= 0.6 is 0 Å². The van der Waals surface area contributed by atoms with Gasteiger partial charge in [0.05, 0.1) is 5.57 Å². The topological polar surface area (TPSA) is 116 Å². The van der Waals surface area contributed by atoms with E-state index in [1.165, 1.54) is 6.92 Å². The number of allylic oxidation sites excluding steroid dienone is 2. The predicted octanol–water partition coefficient (Wildman–Crippen LogP) is 1.96. The molecule has 8 nitrogen and oxygen atoms in total. The minimum Gasteiger partial charge on any atom is -0.461 e. The lowest BCUT2D eigenvalue weighted by molar-refractivity contribution is -0.152. The maximum atomic E-state index is 12.5. The van der Waals surface area contributed by atoms with E-state index in [9.17, 15) is 24.3 Å². The van der Waals surface area contributed by atoms with E-state index in [1.54, 1.807) is 39.8 Å². The highest BCUT2D eigenvalue weighted by atomic mass is 16.6. The SMILES string of the molecule is CC=C(C)C(=O)OC1C2=C(COC(C)=O)C(=O)OC2C=C(C)CCC(=O)C(C)C1O. The van der Waals surface area contributed by atoms with Gasteiger partial charge in [0.1, 0.15) is 24.6 Å². The monoisotopic (exact) mass is 420 g/mol. The van der Waals surface area contributed by atoms with Crippen LogP contribution in [-0.2, 0) is 33.4 Å². The number of ketones is 1. The Morgan fingerprint density at radius 3 is 2.53 bits per heavy atom. The molecule has 164 valence electrons. The van der Waals surface area contributed by atoms with Crippen LogP contribution in [0.5, 0.6) is 0 Å². The molecule has 4 unspecified atom stereocenters. The van der Waals surface area contributed by atoms with Crippen molar-refractivity contribution in [2.45, 2.75) is 65.8 Å². The lowest BCUT2D eigenvalue weighted by Gasteiger charge is -2.30. The number of aliphatic hydroxyl groups excluding tert-OH is 1. The number of esters is 3. The Balaban J connectivity index is 2.64. The molecule has 1 aliphatic carbocycles. The number of aliphatic hydroxyl groups is 1. The fourth-order valence-corrected chi connectivity index (χ4v) is 3.30. The Hall–Kier alpha value is -2.74. The predicted molar refractivity (Wildman–Crippen MR) is 106 cm³/mol. The van der Waals surface area contributed by atoms with Crippen LogP contribution in [0.2, 0.25) is 0 Å². The van der Waals surface area contributed by atoms with Crippen molar-refractivity contribution in [2.75, 3.05) is 6.61 Å². The van der Waals surface area contributed by atoms with Crippen molar-refractivity contribution in [1.29, 1.82) is 0 Å². The van der Waals surface area contributed by atoms with Crippen LogP contribution in [0.1, 0.15) is 47.5 Å². The molecular weight excluding hydrogens is 392 g/mol. The minimum atomic E-state index is -1.41. The number of hydrogen-bond donors (Lipinski definition) is 1. The van der Waals surface area contributed by atoms with Crippen molar-refractivity contribution in [1.82, 2.24) is 0 Å². The third-order valence-corrected chi connectivity index (χ3v) is 5.38. The molecule has 0 aromatic rings. The third-order valence-electron chi connectivity index (χ3n) is 5.38. The van der Waals surface area contributed by atoms with E-state index in [2.05, 4.69) is 0 Å². The first-order valence-corrected chi connectivity index (χ1v) is 9.86. The number of ether oxygens (including phenoxy) is 3. The van der Waals surface area contributed by atoms with E-state index in [4.69, 9.17) is 14.2 Å². The van der Waals surface area contributed by atoms with Crippen LogP contribution in [0.3, 0.4) is 0 Å². The van der Waals surface area contributed by atoms with Gasteiger partial charge in [0.15, 0.2) is 6.10 Å². The quantitative estimate of drug-likeness (QED) is 0.318. The Kier molecular flexibility index (Phi) is 7.72. The summed E-state index contributed by atoms with van der Waals surface area (Å²) in [5.41, 5.74) is 1.29. The van der Waals surface area contributed by atoms with Crippen LogP contribution in [0.4, 0.5) is 0 Å². The molecule has 0 radical (unpaired) electrons. The molecule has 0 spiro atoms. The smallest absolute Gasteiger partial charge is 0.338 e. The van der Waals surface area contributed by atoms with Crippen molar-refractivity contribution in [3.05, 3.63) is 34.4 Å². The van der Waals surface area contributed by atoms with E-state index in [1.807, 2.05) is 0 Å². The summed E-state index contributed by atoms with van der Waals surface area (Å²) in [7, 11) is 0. The van der Waals surface area contributed by atoms with Gasteiger partial charge in [-0.1, -0.05) is 18.6 Å². The minimum absolute atomic E-state index is 0.00514. The number of Topliss-reactive ketones (excluding diaryl/α,β-unsaturated/α-hetero) is 1. The highest BCUT2D eigenvalue weighted by molar-refractivity contribution is 5.94. The van der Waals surface area contributed by atoms with Crippen LogP contribution in [0.25, 0.3) is 0 Å². The molecular formula is C22H28O8. The molecule has 0 aromatic heterocycles. The second kappa shape index (κ2) is 9.84. The summed E-state index contributed by atoms with van der Waals surface area (Å²) < 4.78 is 16.0. The van der Waals surface area contributed by atoms with Gasteiger partial charge in [-0.05, 0) is 33.3 Å². The van der Waals surface area contributed by atoms with Crippen molar-refractivity contribution >= 4 is 23.7 Å². The summed E-state index contributed by atoms with van der Waals surface area (Å²) in [5.74, 6) is -3.07. The highest BCUT2D eigenvalue weighted by Crippen LogP contribution is 2.34. The number of hydrogen-bond acceptors (Lipinski definition) is 8. The molecule has 0 amide bonds. The summed E-state index contributed by atoms with van der Waals surface area (Å²) in [5, 5.41) is 11.0. The van der Waals surface area contributed by atoms with E-state index in [0.717, 1.165) is 5.57 Å². The molecule has 1 N–H and O–H groups in total. The second-order valence-electron chi connectivity index (χ2n) is 7.60. The Bertz CT molecular complexity index is 832. The van der Waals surface area contributed by atoms with Crippen LogP contribution in [-0.4, -0.2) is 53.7 Å². The number of carbonyl (C=O) groups is 4. The average molecular weight is 420 g/mol. The van der Waals surface area contributed by atoms with E-state index >= 15 is 0 Å². The maximum absolute atomic E-state index is 12.5. The molecule has 0 saturated carbocycles. The van der Waals surface area contributed by atoms with Gasteiger partial charge in [0.25, 0.3) is 0 Å². The molecule has 0 bridgehead atoms. The van der Waals surface area contributed by atoms with Crippen molar-refractivity contribution in [2.24, 2.45) is 5.92 Å².